The molecule has 0 unspecified atom stereocenters. The molecule has 0 atom stereocenters. The monoisotopic (exact) mass is 483 g/mol. The zero-order valence-corrected chi connectivity index (χ0v) is 19.1. The van der Waals surface area contributed by atoms with E-state index in [1.165, 1.54) is 0 Å². The third kappa shape index (κ3) is 2.98. The van der Waals surface area contributed by atoms with Gasteiger partial charge in [-0.15, -0.1) is 0 Å². The van der Waals surface area contributed by atoms with Gasteiger partial charge >= 0.3 is 0 Å². The lowest BCUT2D eigenvalue weighted by atomic mass is 9.85. The summed E-state index contributed by atoms with van der Waals surface area (Å²) < 4.78 is 120. The van der Waals surface area contributed by atoms with Gasteiger partial charge in [0.1, 0.15) is 11.2 Å². The average molecular weight is 484 g/mol. The second-order valence-electron chi connectivity index (χ2n) is 8.73. The minimum Gasteiger partial charge on any atom is -0.455 e. The molecule has 1 aromatic heterocycles. The van der Waals surface area contributed by atoms with Gasteiger partial charge < -0.3 is 4.42 Å². The highest BCUT2D eigenvalue weighted by Gasteiger charge is 2.20. The maximum absolute atomic E-state index is 9.20. The summed E-state index contributed by atoms with van der Waals surface area (Å²) in [5, 5.41) is 2.44. The second-order valence-corrected chi connectivity index (χ2v) is 8.73. The van der Waals surface area contributed by atoms with Crippen LogP contribution >= 0.6 is 0 Å². The Morgan fingerprint density at radius 3 is 1.76 bits per heavy atom. The lowest BCUT2D eigenvalue weighted by molar-refractivity contribution is 0.670. The van der Waals surface area contributed by atoms with Gasteiger partial charge in [-0.3, -0.25) is 0 Å². The third-order valence-electron chi connectivity index (χ3n) is 6.76. The van der Waals surface area contributed by atoms with Crippen LogP contribution in [0.25, 0.3) is 76.5 Å². The molecule has 1 heteroatoms. The zero-order chi connectivity index (χ0) is 35.7. The highest BCUT2D eigenvalue weighted by molar-refractivity contribution is 6.24. The van der Waals surface area contributed by atoms with Gasteiger partial charge in [0.15, 0.2) is 0 Å². The van der Waals surface area contributed by atoms with Crippen LogP contribution in [0.5, 0.6) is 0 Å². The molecule has 1 nitrogen and oxygen atoms in total. The highest BCUT2D eigenvalue weighted by Crippen LogP contribution is 2.46. The summed E-state index contributed by atoms with van der Waals surface area (Å²) in [7, 11) is 0. The molecule has 0 saturated carbocycles. The van der Waals surface area contributed by atoms with Gasteiger partial charge in [0.2, 0.25) is 0 Å². The highest BCUT2D eigenvalue weighted by atomic mass is 16.3. The van der Waals surface area contributed by atoms with Crippen molar-refractivity contribution >= 4 is 54.3 Å². The molecule has 7 aromatic carbocycles. The van der Waals surface area contributed by atoms with Gasteiger partial charge in [-0.1, -0.05) is 121 Å². The number of rotatable bonds is 2. The van der Waals surface area contributed by atoms with Crippen LogP contribution < -0.4 is 0 Å². The topological polar surface area (TPSA) is 13.1 Å². The van der Waals surface area contributed by atoms with Gasteiger partial charge in [-0.2, -0.15) is 0 Å². The minimum atomic E-state index is -0.715. The predicted molar refractivity (Wildman–Crippen MR) is 157 cm³/mol. The molecule has 0 N–H and O–H groups in total. The molecule has 8 rings (SSSR count). The maximum Gasteiger partial charge on any atom is 0.143 e. The number of fused-ring (bicyclic) bond motifs is 6. The quantitative estimate of drug-likeness (QED) is 0.223. The molecule has 0 radical (unpaired) electrons. The van der Waals surface area contributed by atoms with Gasteiger partial charge in [0.05, 0.1) is 17.8 Å². The number of furan rings is 1. The van der Waals surface area contributed by atoms with E-state index >= 15 is 0 Å². The third-order valence-corrected chi connectivity index (χ3v) is 6.76. The van der Waals surface area contributed by atoms with E-state index in [1.54, 1.807) is 12.1 Å². The zero-order valence-electron chi connectivity index (χ0n) is 32.1. The molecule has 0 saturated heterocycles. The van der Waals surface area contributed by atoms with Crippen LogP contribution in [0.1, 0.15) is 17.8 Å². The molecule has 0 aliphatic rings. The molecule has 0 bridgehead atoms. The number of hydrogen-bond donors (Lipinski definition) is 0. The van der Waals surface area contributed by atoms with E-state index in [1.807, 2.05) is 42.5 Å². The second kappa shape index (κ2) is 7.81. The first-order valence-electron chi connectivity index (χ1n) is 18.1. The van der Waals surface area contributed by atoms with Crippen LogP contribution in [0.4, 0.5) is 0 Å². The number of para-hydroxylation sites is 1. The maximum atomic E-state index is 9.20. The van der Waals surface area contributed by atoms with Crippen molar-refractivity contribution in [2.45, 2.75) is 0 Å². The first-order chi connectivity index (χ1) is 23.8. The summed E-state index contributed by atoms with van der Waals surface area (Å²) in [4.78, 5) is 0. The van der Waals surface area contributed by atoms with E-state index in [2.05, 4.69) is 0 Å². The van der Waals surface area contributed by atoms with Crippen molar-refractivity contribution in [3.63, 3.8) is 0 Å². The average Bonchev–Trinajstić information content (AvgIpc) is 3.48. The Balaban J connectivity index is 1.71. The molecule has 0 aliphatic heterocycles. The molecular formula is C36H22O. The summed E-state index contributed by atoms with van der Waals surface area (Å²) in [6.45, 7) is 0. The van der Waals surface area contributed by atoms with Crippen LogP contribution in [0.3, 0.4) is 0 Å². The van der Waals surface area contributed by atoms with Crippen molar-refractivity contribution in [1.29, 1.82) is 0 Å². The summed E-state index contributed by atoms with van der Waals surface area (Å²) in [6, 6.07) is 8.34. The van der Waals surface area contributed by atoms with Crippen molar-refractivity contribution in [2.75, 3.05) is 0 Å². The number of benzene rings is 7. The summed E-state index contributed by atoms with van der Waals surface area (Å²) in [5.74, 6) is 0. The lowest BCUT2D eigenvalue weighted by Crippen LogP contribution is -1.90. The van der Waals surface area contributed by atoms with Gasteiger partial charge in [0, 0.05) is 21.9 Å². The lowest BCUT2D eigenvalue weighted by Gasteiger charge is -2.17. The molecule has 0 spiro atoms. The first kappa shape index (κ1) is 11.5. The van der Waals surface area contributed by atoms with Crippen molar-refractivity contribution in [1.82, 2.24) is 0 Å². The molecular weight excluding hydrogens is 448 g/mol. The van der Waals surface area contributed by atoms with Crippen LogP contribution in [-0.2, 0) is 0 Å². The molecule has 0 aliphatic carbocycles. The Labute approximate surface area is 232 Å². The summed E-state index contributed by atoms with van der Waals surface area (Å²) in [6.07, 6.45) is 0. The van der Waals surface area contributed by atoms with Crippen LogP contribution in [-0.4, -0.2) is 0 Å². The van der Waals surface area contributed by atoms with E-state index < -0.39 is 84.1 Å². The molecule has 8 aromatic rings. The largest absolute Gasteiger partial charge is 0.455 e. The SMILES string of the molecule is [2H]c1c([2H])c([2H])c(-c2c3c([2H])c([2H])c([2H])c([2H])c3c(-c3cccc4c3oc3cc5ccccc5cc34)c3c([2H])c([2H])c([2H])c([2H])c23)c([2H])c1[2H]. The Morgan fingerprint density at radius 1 is 0.486 bits per heavy atom. The first-order valence-corrected chi connectivity index (χ1v) is 11.6. The molecule has 0 amide bonds. The van der Waals surface area contributed by atoms with Crippen molar-refractivity contribution in [2.24, 2.45) is 0 Å². The van der Waals surface area contributed by atoms with E-state index in [-0.39, 0.29) is 38.2 Å². The van der Waals surface area contributed by atoms with Crippen LogP contribution in [0, 0.1) is 0 Å². The standard InChI is InChI=1S/C36H22O/c1-2-11-23(12-3-1)34-26-15-6-8-17-28(26)35(29-18-9-7-16-27(29)34)31-20-10-19-30-32-21-24-13-4-5-14-25(24)22-33(32)37-36(30)31/h1-22H/i1D,2D,3D,6D,7D,8D,9D,11D,12D,15D,16D,17D,18D. The fraction of sp³-hybridized carbons (Fsp3) is 0. The molecule has 1 heterocycles. The van der Waals surface area contributed by atoms with E-state index in [0.29, 0.717) is 16.6 Å². The molecule has 37 heavy (non-hydrogen) atoms. The van der Waals surface area contributed by atoms with Crippen molar-refractivity contribution < 1.29 is 22.2 Å². The van der Waals surface area contributed by atoms with Gasteiger partial charge in [0.25, 0.3) is 0 Å². The van der Waals surface area contributed by atoms with Crippen molar-refractivity contribution in [3.05, 3.63) is 133 Å². The normalized spacial score (nSPS) is 16.7. The van der Waals surface area contributed by atoms with E-state index in [0.717, 1.165) is 16.2 Å². The smallest absolute Gasteiger partial charge is 0.143 e. The van der Waals surface area contributed by atoms with Crippen LogP contribution in [0.2, 0.25) is 0 Å². The van der Waals surface area contributed by atoms with Gasteiger partial charge in [-0.25, -0.2) is 0 Å². The van der Waals surface area contributed by atoms with Crippen LogP contribution in [0.15, 0.2) is 138 Å². The van der Waals surface area contributed by atoms with Crippen molar-refractivity contribution in [3.8, 4) is 22.3 Å². The van der Waals surface area contributed by atoms with E-state index in [4.69, 9.17) is 19.5 Å². The Kier molecular flexibility index (Phi) is 2.42. The van der Waals surface area contributed by atoms with Gasteiger partial charge in [-0.05, 0) is 55.6 Å². The number of hydrogen-bond acceptors (Lipinski definition) is 1. The Bertz CT molecular complexity index is 2750. The minimum absolute atomic E-state index is 0.0272. The Hall–Kier alpha value is -4.88. The fourth-order valence-corrected chi connectivity index (χ4v) is 5.20. The summed E-state index contributed by atoms with van der Waals surface area (Å²) >= 11 is 0. The van der Waals surface area contributed by atoms with E-state index in [9.17, 15) is 2.74 Å². The Morgan fingerprint density at radius 2 is 1.08 bits per heavy atom. The summed E-state index contributed by atoms with van der Waals surface area (Å²) in [5.41, 5.74) is 0.355. The predicted octanol–water partition coefficient (Wildman–Crippen LogP) is 10.4. The molecule has 0 fully saturated rings. The molecule has 172 valence electrons. The fourth-order valence-electron chi connectivity index (χ4n) is 5.20.